The molecule has 1 saturated heterocycles. The fourth-order valence-corrected chi connectivity index (χ4v) is 10.4. The Labute approximate surface area is 337 Å². The van der Waals surface area contributed by atoms with Crippen LogP contribution in [0.1, 0.15) is 35.4 Å². The Morgan fingerprint density at radius 1 is 0.780 bits per heavy atom. The van der Waals surface area contributed by atoms with Crippen LogP contribution in [0.2, 0.25) is 0 Å². The van der Waals surface area contributed by atoms with Crippen molar-refractivity contribution >= 4 is 62.5 Å². The van der Waals surface area contributed by atoms with Gasteiger partial charge in [0.1, 0.15) is 5.75 Å². The topological polar surface area (TPSA) is 181 Å². The average molecular weight is 789 g/mol. The van der Waals surface area contributed by atoms with Crippen molar-refractivity contribution in [1.82, 2.24) is 0 Å². The van der Waals surface area contributed by atoms with E-state index in [0.29, 0.717) is 27.6 Å². The summed E-state index contributed by atoms with van der Waals surface area (Å²) in [5.41, 5.74) is -1.20. The molecule has 13 nitrogen and oxygen atoms in total. The highest BCUT2D eigenvalue weighted by molar-refractivity contribution is 6.32. The molecule has 2 amide bonds. The molecule has 5 aromatic rings. The van der Waals surface area contributed by atoms with Crippen LogP contribution in [0, 0.1) is 43.9 Å². The molecule has 1 aliphatic heterocycles. The number of ketones is 2. The molecule has 0 aromatic heterocycles. The Morgan fingerprint density at radius 2 is 1.41 bits per heavy atom. The van der Waals surface area contributed by atoms with Crippen LogP contribution >= 0.6 is 0 Å². The number of aromatic hydroxyl groups is 1. The number of rotatable bonds is 7. The fourth-order valence-electron chi connectivity index (χ4n) is 10.4. The van der Waals surface area contributed by atoms with E-state index in [0.717, 1.165) is 22.4 Å². The standard InChI is InChI=1S/C46H36N4O9/c1-47(2)41-36(49(56)57)21-28(22-37(41)50(58)59)48-44(54)31-20-19-30-34(39(31)45(48)55)23-35-43(53)33(25-11-5-3-6-12-25)24-38(51)46(35,27-14-7-4-8-15-27)40(30)32-18-17-26-13-9-10-16-29(26)42(32)52/h3-19,21-22,24,31,34-35,39-40,52H,20,23H2,1-2H3/t31-,34+,35-,39-,40+,46-/m0/s1. The van der Waals surface area contributed by atoms with Gasteiger partial charge in [0, 0.05) is 54.6 Å². The maximum atomic E-state index is 15.4. The molecule has 5 aromatic carbocycles. The van der Waals surface area contributed by atoms with E-state index in [2.05, 4.69) is 0 Å². The van der Waals surface area contributed by atoms with Crippen molar-refractivity contribution < 1.29 is 34.1 Å². The van der Waals surface area contributed by atoms with Crippen LogP contribution < -0.4 is 9.80 Å². The van der Waals surface area contributed by atoms with Crippen LogP contribution in [-0.2, 0) is 24.6 Å². The quantitative estimate of drug-likeness (QED) is 0.0753. The second-order valence-corrected chi connectivity index (χ2v) is 15.8. The first-order chi connectivity index (χ1) is 28.4. The van der Waals surface area contributed by atoms with Crippen molar-refractivity contribution in [3.05, 3.63) is 164 Å². The molecule has 6 atom stereocenters. The summed E-state index contributed by atoms with van der Waals surface area (Å²) in [7, 11) is 2.84. The zero-order valence-corrected chi connectivity index (χ0v) is 31.9. The Morgan fingerprint density at radius 3 is 2.05 bits per heavy atom. The summed E-state index contributed by atoms with van der Waals surface area (Å²) in [6.45, 7) is 0. The number of carbonyl (C=O) groups is 4. The summed E-state index contributed by atoms with van der Waals surface area (Å²) >= 11 is 0. The number of amides is 2. The van der Waals surface area contributed by atoms with Gasteiger partial charge in [0.2, 0.25) is 11.8 Å². The lowest BCUT2D eigenvalue weighted by atomic mass is 9.44. The number of phenolic OH excluding ortho intramolecular Hbond substituents is 1. The SMILES string of the molecule is CN(C)c1c([N+](=O)[O-])cc(N2C(=O)[C@H]3[C@H](CC=C4[C@H]3C[C@H]3C(=O)C(c5ccccc5)=CC(=O)[C@@]3(c3ccccc3)[C@H]4c3ccc4ccccc4c3O)C2=O)cc1[N+](=O)[O-]. The molecule has 0 spiro atoms. The van der Waals surface area contributed by atoms with E-state index in [4.69, 9.17) is 0 Å². The van der Waals surface area contributed by atoms with Gasteiger partial charge in [-0.3, -0.25) is 39.4 Å². The van der Waals surface area contributed by atoms with Gasteiger partial charge < -0.3 is 10.0 Å². The predicted molar refractivity (Wildman–Crippen MR) is 219 cm³/mol. The number of nitro benzene ring substituents is 2. The third-order valence-electron chi connectivity index (χ3n) is 12.8. The van der Waals surface area contributed by atoms with Crippen molar-refractivity contribution in [2.24, 2.45) is 23.7 Å². The third-order valence-corrected chi connectivity index (χ3v) is 12.8. The summed E-state index contributed by atoms with van der Waals surface area (Å²) < 4.78 is 0. The van der Waals surface area contributed by atoms with Crippen LogP contribution in [-0.4, -0.2) is 52.4 Å². The van der Waals surface area contributed by atoms with E-state index in [9.17, 15) is 34.9 Å². The molecule has 59 heavy (non-hydrogen) atoms. The number of imide groups is 1. The van der Waals surface area contributed by atoms with Crippen molar-refractivity contribution in [2.45, 2.75) is 24.2 Å². The van der Waals surface area contributed by atoms with Gasteiger partial charge in [-0.25, -0.2) is 4.90 Å². The molecule has 294 valence electrons. The minimum absolute atomic E-state index is 0.0196. The van der Waals surface area contributed by atoms with Crippen LogP contribution in [0.15, 0.2) is 127 Å². The van der Waals surface area contributed by atoms with Gasteiger partial charge in [0.15, 0.2) is 17.3 Å². The first kappa shape index (κ1) is 37.3. The number of Topliss-reactive ketones (excluding diaryl/α,β-unsaturated/α-hetero) is 1. The van der Waals surface area contributed by atoms with Gasteiger partial charge in [-0.2, -0.15) is 0 Å². The Kier molecular flexibility index (Phi) is 8.65. The summed E-state index contributed by atoms with van der Waals surface area (Å²) in [6, 6.07) is 30.7. The van der Waals surface area contributed by atoms with E-state index < -0.39 is 68.0 Å². The smallest absolute Gasteiger partial charge is 0.301 e. The number of carbonyl (C=O) groups excluding carboxylic acids is 4. The van der Waals surface area contributed by atoms with E-state index in [1.807, 2.05) is 30.3 Å². The van der Waals surface area contributed by atoms with Gasteiger partial charge in [0.05, 0.1) is 32.8 Å². The second kappa shape index (κ2) is 13.7. The molecule has 13 heteroatoms. The first-order valence-corrected chi connectivity index (χ1v) is 19.2. The molecule has 1 saturated carbocycles. The third kappa shape index (κ3) is 5.37. The monoisotopic (exact) mass is 788 g/mol. The maximum absolute atomic E-state index is 15.4. The van der Waals surface area contributed by atoms with Crippen LogP contribution in [0.25, 0.3) is 16.3 Å². The minimum atomic E-state index is -1.58. The number of allylic oxidation sites excluding steroid dienone is 4. The zero-order chi connectivity index (χ0) is 41.5. The van der Waals surface area contributed by atoms with Gasteiger partial charge in [-0.15, -0.1) is 0 Å². The number of fused-ring (bicyclic) bond motifs is 5. The van der Waals surface area contributed by atoms with Crippen molar-refractivity contribution in [3.8, 4) is 5.75 Å². The number of hydrogen-bond donors (Lipinski definition) is 1. The number of phenols is 1. The Balaban J connectivity index is 1.27. The van der Waals surface area contributed by atoms with Crippen molar-refractivity contribution in [1.29, 1.82) is 0 Å². The van der Waals surface area contributed by atoms with Gasteiger partial charge in [-0.1, -0.05) is 109 Å². The highest BCUT2D eigenvalue weighted by atomic mass is 16.6. The fraction of sp³-hybridized carbons (Fsp3) is 0.217. The minimum Gasteiger partial charge on any atom is -0.507 e. The molecule has 0 bridgehead atoms. The molecule has 1 N–H and O–H groups in total. The lowest BCUT2D eigenvalue weighted by Gasteiger charge is -2.55. The molecule has 3 aliphatic carbocycles. The number of benzene rings is 5. The lowest BCUT2D eigenvalue weighted by Crippen LogP contribution is -2.58. The molecule has 0 unspecified atom stereocenters. The molecule has 1 heterocycles. The molecule has 0 radical (unpaired) electrons. The largest absolute Gasteiger partial charge is 0.507 e. The Hall–Kier alpha value is -7.28. The number of nitrogens with zero attached hydrogens (tertiary/aromatic N) is 4. The normalized spacial score (nSPS) is 24.8. The molecular weight excluding hydrogens is 753 g/mol. The number of nitro groups is 2. The van der Waals surface area contributed by atoms with Crippen molar-refractivity contribution in [3.63, 3.8) is 0 Å². The van der Waals surface area contributed by atoms with Gasteiger partial charge in [-0.05, 0) is 41.3 Å². The van der Waals surface area contributed by atoms with Crippen LogP contribution in [0.3, 0.4) is 0 Å². The van der Waals surface area contributed by atoms with Gasteiger partial charge in [0.25, 0.3) is 0 Å². The first-order valence-electron chi connectivity index (χ1n) is 19.2. The lowest BCUT2D eigenvalue weighted by molar-refractivity contribution is -0.392. The van der Waals surface area contributed by atoms with E-state index in [-0.39, 0.29) is 47.1 Å². The molecule has 4 aliphatic rings. The summed E-state index contributed by atoms with van der Waals surface area (Å²) in [5, 5.41) is 38.1. The molecular formula is C46H36N4O9. The summed E-state index contributed by atoms with van der Waals surface area (Å²) in [6.07, 6.45) is 3.26. The van der Waals surface area contributed by atoms with E-state index in [1.54, 1.807) is 72.8 Å². The number of anilines is 2. The van der Waals surface area contributed by atoms with E-state index in [1.165, 1.54) is 25.1 Å². The average Bonchev–Trinajstić information content (AvgIpc) is 3.50. The maximum Gasteiger partial charge on any atom is 0.301 e. The zero-order valence-electron chi connectivity index (χ0n) is 31.9. The van der Waals surface area contributed by atoms with E-state index >= 15 is 9.59 Å². The second-order valence-electron chi connectivity index (χ2n) is 15.8. The van der Waals surface area contributed by atoms with Crippen molar-refractivity contribution in [2.75, 3.05) is 23.9 Å². The highest BCUT2D eigenvalue weighted by Gasteiger charge is 2.66. The van der Waals surface area contributed by atoms with Gasteiger partial charge >= 0.3 is 11.4 Å². The van der Waals surface area contributed by atoms with Crippen LogP contribution in [0.4, 0.5) is 22.7 Å². The Bertz CT molecular complexity index is 2710. The highest BCUT2D eigenvalue weighted by Crippen LogP contribution is 2.65. The summed E-state index contributed by atoms with van der Waals surface area (Å²) in [5.74, 6) is -7.11. The molecule has 2 fully saturated rings. The number of hydrogen-bond acceptors (Lipinski definition) is 10. The molecule has 9 rings (SSSR count). The van der Waals surface area contributed by atoms with Crippen LogP contribution in [0.5, 0.6) is 5.75 Å². The predicted octanol–water partition coefficient (Wildman–Crippen LogP) is 7.46. The summed E-state index contributed by atoms with van der Waals surface area (Å²) in [4.78, 5) is 85.0.